The number of para-hydroxylation sites is 1. The van der Waals surface area contributed by atoms with Gasteiger partial charge in [0.1, 0.15) is 12.9 Å². The first-order valence-electron chi connectivity index (χ1n) is 6.08. The van der Waals surface area contributed by atoms with Crippen LogP contribution in [0.4, 0.5) is 5.69 Å². The molecule has 0 aliphatic carbocycles. The van der Waals surface area contributed by atoms with Crippen molar-refractivity contribution in [2.24, 2.45) is 5.73 Å². The highest BCUT2D eigenvalue weighted by Gasteiger charge is 2.26. The summed E-state index contributed by atoms with van der Waals surface area (Å²) in [6.45, 7) is 0.645. The van der Waals surface area contributed by atoms with Gasteiger partial charge in [-0.15, -0.1) is 5.10 Å². The minimum Gasteiger partial charge on any atom is -0.326 e. The van der Waals surface area contributed by atoms with Crippen molar-refractivity contribution in [2.75, 3.05) is 11.4 Å². The van der Waals surface area contributed by atoms with Crippen molar-refractivity contribution in [3.8, 4) is 0 Å². The van der Waals surface area contributed by atoms with Crippen molar-refractivity contribution in [1.29, 1.82) is 0 Å². The molecule has 2 heterocycles. The summed E-state index contributed by atoms with van der Waals surface area (Å²) in [5.41, 5.74) is 8.05. The zero-order chi connectivity index (χ0) is 13.2. The summed E-state index contributed by atoms with van der Waals surface area (Å²) in [4.78, 5) is 14.0. The lowest BCUT2D eigenvalue weighted by Gasteiger charge is -2.32. The van der Waals surface area contributed by atoms with Crippen LogP contribution in [0.1, 0.15) is 5.56 Å². The molecule has 0 spiro atoms. The quantitative estimate of drug-likeness (QED) is 0.791. The van der Waals surface area contributed by atoms with Gasteiger partial charge < -0.3 is 10.6 Å². The van der Waals surface area contributed by atoms with E-state index in [4.69, 9.17) is 5.73 Å². The molecule has 1 atom stereocenters. The van der Waals surface area contributed by atoms with Crippen LogP contribution in [0.25, 0.3) is 0 Å². The molecule has 1 aromatic carbocycles. The van der Waals surface area contributed by atoms with Crippen molar-refractivity contribution >= 4 is 11.6 Å². The highest BCUT2D eigenvalue weighted by Crippen LogP contribution is 2.26. The molecule has 1 aliphatic rings. The second-order valence-electron chi connectivity index (χ2n) is 4.60. The lowest BCUT2D eigenvalue weighted by atomic mass is 9.98. The number of carbonyl (C=O) groups excluding carboxylic acids is 1. The lowest BCUT2D eigenvalue weighted by Crippen LogP contribution is -2.47. The zero-order valence-corrected chi connectivity index (χ0v) is 10.3. The smallest absolute Gasteiger partial charge is 0.248 e. The Hall–Kier alpha value is -2.28. The Bertz CT molecular complexity index is 582. The molecular weight excluding hydrogens is 244 g/mol. The number of fused-ring (bicyclic) bond motifs is 1. The molecule has 98 valence electrons. The van der Waals surface area contributed by atoms with Crippen LogP contribution in [-0.4, -0.2) is 38.7 Å². The molecule has 0 saturated heterocycles. The van der Waals surface area contributed by atoms with Gasteiger partial charge in [0.2, 0.25) is 5.91 Å². The van der Waals surface area contributed by atoms with Crippen LogP contribution >= 0.6 is 0 Å². The second-order valence-corrected chi connectivity index (χ2v) is 4.60. The summed E-state index contributed by atoms with van der Waals surface area (Å²) < 4.78 is 1.41. The van der Waals surface area contributed by atoms with Crippen molar-refractivity contribution in [2.45, 2.75) is 19.0 Å². The van der Waals surface area contributed by atoms with Gasteiger partial charge in [-0.25, -0.2) is 4.68 Å². The highest BCUT2D eigenvalue weighted by molar-refractivity contribution is 5.94. The van der Waals surface area contributed by atoms with Crippen molar-refractivity contribution in [3.63, 3.8) is 0 Å². The van der Waals surface area contributed by atoms with Crippen LogP contribution in [0.2, 0.25) is 0 Å². The summed E-state index contributed by atoms with van der Waals surface area (Å²) in [7, 11) is 0. The molecule has 2 N–H and O–H groups in total. The predicted molar refractivity (Wildman–Crippen MR) is 68.3 cm³/mol. The SMILES string of the molecule is NC1Cc2ccccc2N(C(=O)Cn2cnnn2)C1. The van der Waals surface area contributed by atoms with Crippen LogP contribution < -0.4 is 10.6 Å². The van der Waals surface area contributed by atoms with Crippen molar-refractivity contribution in [1.82, 2.24) is 20.2 Å². The molecule has 7 heteroatoms. The van der Waals surface area contributed by atoms with Crippen LogP contribution in [0.15, 0.2) is 30.6 Å². The first kappa shape index (κ1) is 11.8. The Kier molecular flexibility index (Phi) is 2.96. The second kappa shape index (κ2) is 4.77. The van der Waals surface area contributed by atoms with Crippen LogP contribution in [0.5, 0.6) is 0 Å². The summed E-state index contributed by atoms with van der Waals surface area (Å²) >= 11 is 0. The van der Waals surface area contributed by atoms with Gasteiger partial charge in [-0.2, -0.15) is 0 Å². The average molecular weight is 258 g/mol. The highest BCUT2D eigenvalue weighted by atomic mass is 16.2. The van der Waals surface area contributed by atoms with Gasteiger partial charge in [0, 0.05) is 18.3 Å². The molecular formula is C12H14N6O. The minimum atomic E-state index is -0.0603. The fraction of sp³-hybridized carbons (Fsp3) is 0.333. The molecule has 2 aromatic rings. The van der Waals surface area contributed by atoms with E-state index < -0.39 is 0 Å². The van der Waals surface area contributed by atoms with E-state index in [2.05, 4.69) is 15.5 Å². The number of aromatic nitrogens is 4. The Morgan fingerprint density at radius 3 is 3.05 bits per heavy atom. The molecule has 0 bridgehead atoms. The standard InChI is InChI=1S/C12H14N6O/c13-10-5-9-3-1-2-4-11(9)18(6-10)12(19)7-17-8-14-15-16-17/h1-4,8,10H,5-7,13H2. The largest absolute Gasteiger partial charge is 0.326 e. The van der Waals surface area contributed by atoms with Crippen molar-refractivity contribution < 1.29 is 4.79 Å². The summed E-state index contributed by atoms with van der Waals surface area (Å²) in [6.07, 6.45) is 2.22. The summed E-state index contributed by atoms with van der Waals surface area (Å²) in [5, 5.41) is 10.7. The van der Waals surface area contributed by atoms with Gasteiger partial charge in [0.05, 0.1) is 0 Å². The van der Waals surface area contributed by atoms with E-state index in [-0.39, 0.29) is 18.5 Å². The van der Waals surface area contributed by atoms with E-state index in [9.17, 15) is 4.79 Å². The van der Waals surface area contributed by atoms with E-state index in [0.29, 0.717) is 6.54 Å². The maximum atomic E-state index is 12.3. The predicted octanol–water partition coefficient (Wildman–Crippen LogP) is -0.410. The lowest BCUT2D eigenvalue weighted by molar-refractivity contribution is -0.119. The summed E-state index contributed by atoms with van der Waals surface area (Å²) in [6, 6.07) is 7.80. The number of anilines is 1. The number of rotatable bonds is 2. The molecule has 0 fully saturated rings. The average Bonchev–Trinajstić information content (AvgIpc) is 2.90. The molecule has 0 saturated carbocycles. The number of nitrogens with two attached hydrogens (primary N) is 1. The maximum Gasteiger partial charge on any atom is 0.248 e. The number of tetrazole rings is 1. The Balaban J connectivity index is 1.86. The van der Waals surface area contributed by atoms with Gasteiger partial charge in [0.15, 0.2) is 0 Å². The van der Waals surface area contributed by atoms with Gasteiger partial charge in [-0.3, -0.25) is 4.79 Å². The van der Waals surface area contributed by atoms with Crippen LogP contribution in [-0.2, 0) is 17.8 Å². The molecule has 1 aliphatic heterocycles. The number of hydrogen-bond acceptors (Lipinski definition) is 5. The van der Waals surface area contributed by atoms with E-state index in [1.807, 2.05) is 24.3 Å². The monoisotopic (exact) mass is 258 g/mol. The number of nitrogens with zero attached hydrogens (tertiary/aromatic N) is 5. The number of amides is 1. The van der Waals surface area contributed by atoms with E-state index in [1.165, 1.54) is 11.0 Å². The summed E-state index contributed by atoms with van der Waals surface area (Å²) in [5.74, 6) is -0.0603. The van der Waals surface area contributed by atoms with E-state index in [0.717, 1.165) is 17.7 Å². The first-order chi connectivity index (χ1) is 9.24. The van der Waals surface area contributed by atoms with Crippen LogP contribution in [0.3, 0.4) is 0 Å². The number of benzene rings is 1. The fourth-order valence-electron chi connectivity index (χ4n) is 2.34. The third-order valence-corrected chi connectivity index (χ3v) is 3.17. The molecule has 3 rings (SSSR count). The van der Waals surface area contributed by atoms with Crippen molar-refractivity contribution in [3.05, 3.63) is 36.2 Å². The molecule has 1 aromatic heterocycles. The van der Waals surface area contributed by atoms with E-state index in [1.54, 1.807) is 4.90 Å². The topological polar surface area (TPSA) is 89.9 Å². The van der Waals surface area contributed by atoms with E-state index >= 15 is 0 Å². The zero-order valence-electron chi connectivity index (χ0n) is 10.3. The van der Waals surface area contributed by atoms with Gasteiger partial charge in [-0.1, -0.05) is 18.2 Å². The fourth-order valence-corrected chi connectivity index (χ4v) is 2.34. The van der Waals surface area contributed by atoms with Gasteiger partial charge in [0.25, 0.3) is 0 Å². The third-order valence-electron chi connectivity index (χ3n) is 3.17. The van der Waals surface area contributed by atoms with Crippen LogP contribution in [0, 0.1) is 0 Å². The molecule has 1 unspecified atom stereocenters. The Morgan fingerprint density at radius 1 is 1.42 bits per heavy atom. The Morgan fingerprint density at radius 2 is 2.26 bits per heavy atom. The molecule has 0 radical (unpaired) electrons. The minimum absolute atomic E-state index is 0.0345. The first-order valence-corrected chi connectivity index (χ1v) is 6.08. The molecule has 7 nitrogen and oxygen atoms in total. The number of carbonyl (C=O) groups is 1. The number of hydrogen-bond donors (Lipinski definition) is 1. The Labute approximate surface area is 110 Å². The van der Waals surface area contributed by atoms with Gasteiger partial charge in [-0.05, 0) is 28.5 Å². The maximum absolute atomic E-state index is 12.3. The molecule has 1 amide bonds. The third kappa shape index (κ3) is 2.32. The normalized spacial score (nSPS) is 18.2. The van der Waals surface area contributed by atoms with Gasteiger partial charge >= 0.3 is 0 Å². The molecule has 19 heavy (non-hydrogen) atoms.